The molecule has 0 amide bonds. The Bertz CT molecular complexity index is 624. The summed E-state index contributed by atoms with van der Waals surface area (Å²) >= 11 is 5.85. The molecule has 23 heavy (non-hydrogen) atoms. The summed E-state index contributed by atoms with van der Waals surface area (Å²) in [5, 5.41) is 0.556. The average Bonchev–Trinajstić information content (AvgIpc) is 2.56. The fourth-order valence-electron chi connectivity index (χ4n) is 3.87. The van der Waals surface area contributed by atoms with Gasteiger partial charge in [-0.15, -0.1) is 0 Å². The van der Waals surface area contributed by atoms with Gasteiger partial charge < -0.3 is 0 Å². The molecule has 0 unspecified atom stereocenters. The van der Waals surface area contributed by atoms with Crippen LogP contribution in [0.25, 0.3) is 0 Å². The van der Waals surface area contributed by atoms with E-state index < -0.39 is 10.0 Å². The molecule has 4 nitrogen and oxygen atoms in total. The minimum atomic E-state index is -3.40. The Morgan fingerprint density at radius 3 is 2.22 bits per heavy atom. The van der Waals surface area contributed by atoms with Crippen molar-refractivity contribution in [2.45, 2.75) is 43.5 Å². The number of piperazine rings is 1. The molecule has 1 saturated heterocycles. The van der Waals surface area contributed by atoms with Crippen LogP contribution in [0.5, 0.6) is 0 Å². The van der Waals surface area contributed by atoms with Crippen LogP contribution in [0.3, 0.4) is 0 Å². The predicted octanol–water partition coefficient (Wildman–Crippen LogP) is 3.23. The van der Waals surface area contributed by atoms with Crippen LogP contribution >= 0.6 is 11.6 Å². The maximum Gasteiger partial charge on any atom is 0.243 e. The van der Waals surface area contributed by atoms with Gasteiger partial charge in [-0.25, -0.2) is 8.42 Å². The molecule has 1 aromatic carbocycles. The molecule has 1 saturated carbocycles. The molecule has 1 aromatic rings. The Labute approximate surface area is 144 Å². The van der Waals surface area contributed by atoms with Crippen LogP contribution in [0.4, 0.5) is 0 Å². The van der Waals surface area contributed by atoms with Crippen LogP contribution in [-0.2, 0) is 10.0 Å². The van der Waals surface area contributed by atoms with Gasteiger partial charge in [-0.05, 0) is 43.0 Å². The lowest BCUT2D eigenvalue weighted by atomic mass is 9.84. The van der Waals surface area contributed by atoms with Gasteiger partial charge in [0.1, 0.15) is 0 Å². The van der Waals surface area contributed by atoms with Crippen molar-refractivity contribution >= 4 is 21.6 Å². The van der Waals surface area contributed by atoms with Crippen LogP contribution in [0.15, 0.2) is 29.2 Å². The zero-order valence-corrected chi connectivity index (χ0v) is 15.2. The zero-order valence-electron chi connectivity index (χ0n) is 13.6. The van der Waals surface area contributed by atoms with E-state index in [-0.39, 0.29) is 0 Å². The van der Waals surface area contributed by atoms with Gasteiger partial charge in [0.25, 0.3) is 0 Å². The Balaban J connectivity index is 1.65. The lowest BCUT2D eigenvalue weighted by Crippen LogP contribution is -2.53. The maximum absolute atomic E-state index is 12.7. The van der Waals surface area contributed by atoms with Crippen LogP contribution in [0, 0.1) is 5.92 Å². The van der Waals surface area contributed by atoms with Crippen molar-refractivity contribution in [1.29, 1.82) is 0 Å². The zero-order chi connectivity index (χ0) is 16.4. The molecule has 0 radical (unpaired) electrons. The number of benzene rings is 1. The number of sulfonamides is 1. The third-order valence-electron chi connectivity index (χ3n) is 5.26. The summed E-state index contributed by atoms with van der Waals surface area (Å²) in [4.78, 5) is 2.83. The van der Waals surface area contributed by atoms with Crippen molar-refractivity contribution in [1.82, 2.24) is 9.21 Å². The SMILES string of the molecule is C[C@H]1CCCC[C@H]1N1CCN(S(=O)(=O)c2ccc(Cl)cc2)CC1. The molecule has 1 aliphatic carbocycles. The third-order valence-corrected chi connectivity index (χ3v) is 7.42. The van der Waals surface area contributed by atoms with Crippen molar-refractivity contribution in [3.63, 3.8) is 0 Å². The molecule has 0 bridgehead atoms. The second-order valence-corrected chi connectivity index (χ2v) is 9.10. The minimum Gasteiger partial charge on any atom is -0.298 e. The van der Waals surface area contributed by atoms with Crippen LogP contribution in [0.1, 0.15) is 32.6 Å². The third kappa shape index (κ3) is 3.73. The monoisotopic (exact) mass is 356 g/mol. The van der Waals surface area contributed by atoms with Crippen molar-refractivity contribution in [2.75, 3.05) is 26.2 Å². The summed E-state index contributed by atoms with van der Waals surface area (Å²) in [6.07, 6.45) is 5.19. The van der Waals surface area contributed by atoms with Gasteiger partial charge in [-0.2, -0.15) is 4.31 Å². The van der Waals surface area contributed by atoms with E-state index in [1.807, 2.05) is 0 Å². The Hall–Kier alpha value is -0.620. The van der Waals surface area contributed by atoms with Crippen molar-refractivity contribution in [2.24, 2.45) is 5.92 Å². The van der Waals surface area contributed by atoms with E-state index >= 15 is 0 Å². The van der Waals surface area contributed by atoms with Crippen LogP contribution < -0.4 is 0 Å². The van der Waals surface area contributed by atoms with Gasteiger partial charge in [0.2, 0.25) is 10.0 Å². The first kappa shape index (κ1) is 17.2. The normalized spacial score (nSPS) is 27.9. The summed E-state index contributed by atoms with van der Waals surface area (Å²) in [5.41, 5.74) is 0. The fraction of sp³-hybridized carbons (Fsp3) is 0.647. The number of halogens is 1. The van der Waals surface area contributed by atoms with Crippen molar-refractivity contribution in [3.8, 4) is 0 Å². The Morgan fingerprint density at radius 1 is 1.00 bits per heavy atom. The number of rotatable bonds is 3. The molecule has 1 heterocycles. The fourth-order valence-corrected chi connectivity index (χ4v) is 5.42. The molecule has 0 N–H and O–H groups in total. The van der Waals surface area contributed by atoms with Gasteiger partial charge in [-0.1, -0.05) is 31.4 Å². The van der Waals surface area contributed by atoms with E-state index in [0.29, 0.717) is 29.0 Å². The summed E-state index contributed by atoms with van der Waals surface area (Å²) in [7, 11) is -3.40. The molecule has 2 aliphatic rings. The highest BCUT2D eigenvalue weighted by molar-refractivity contribution is 7.89. The maximum atomic E-state index is 12.7. The lowest BCUT2D eigenvalue weighted by molar-refractivity contribution is 0.0786. The molecule has 0 aromatic heterocycles. The second-order valence-electron chi connectivity index (χ2n) is 6.72. The average molecular weight is 357 g/mol. The molecular formula is C17H25ClN2O2S. The molecule has 128 valence electrons. The molecule has 3 rings (SSSR count). The van der Waals surface area contributed by atoms with Gasteiger partial charge in [0.15, 0.2) is 0 Å². The van der Waals surface area contributed by atoms with Gasteiger partial charge in [0, 0.05) is 37.2 Å². The van der Waals surface area contributed by atoms with Gasteiger partial charge in [-0.3, -0.25) is 4.90 Å². The smallest absolute Gasteiger partial charge is 0.243 e. The topological polar surface area (TPSA) is 40.6 Å². The number of nitrogens with zero attached hydrogens (tertiary/aromatic N) is 2. The second kappa shape index (κ2) is 7.09. The highest BCUT2D eigenvalue weighted by atomic mass is 35.5. The van der Waals surface area contributed by atoms with E-state index in [2.05, 4.69) is 11.8 Å². The summed E-state index contributed by atoms with van der Waals surface area (Å²) in [6.45, 7) is 5.16. The largest absolute Gasteiger partial charge is 0.298 e. The van der Waals surface area contributed by atoms with Gasteiger partial charge >= 0.3 is 0 Å². The summed E-state index contributed by atoms with van der Waals surface area (Å²) < 4.78 is 27.0. The first-order valence-corrected chi connectivity index (χ1v) is 10.3. The first-order valence-electron chi connectivity index (χ1n) is 8.48. The molecule has 0 spiro atoms. The minimum absolute atomic E-state index is 0.335. The summed E-state index contributed by atoms with van der Waals surface area (Å²) in [5.74, 6) is 0.725. The van der Waals surface area contributed by atoms with E-state index in [1.165, 1.54) is 25.7 Å². The van der Waals surface area contributed by atoms with E-state index in [4.69, 9.17) is 11.6 Å². The van der Waals surface area contributed by atoms with Crippen LogP contribution in [-0.4, -0.2) is 49.8 Å². The summed E-state index contributed by atoms with van der Waals surface area (Å²) in [6, 6.07) is 7.08. The van der Waals surface area contributed by atoms with E-state index in [1.54, 1.807) is 28.6 Å². The first-order chi connectivity index (χ1) is 11.0. The molecule has 2 fully saturated rings. The molecule has 1 aliphatic heterocycles. The van der Waals surface area contributed by atoms with E-state index in [0.717, 1.165) is 19.0 Å². The quantitative estimate of drug-likeness (QED) is 0.834. The van der Waals surface area contributed by atoms with Crippen LogP contribution in [0.2, 0.25) is 5.02 Å². The predicted molar refractivity (Wildman–Crippen MR) is 93.2 cm³/mol. The highest BCUT2D eigenvalue weighted by Crippen LogP contribution is 2.29. The van der Waals surface area contributed by atoms with Gasteiger partial charge in [0.05, 0.1) is 4.90 Å². The highest BCUT2D eigenvalue weighted by Gasteiger charge is 2.33. The van der Waals surface area contributed by atoms with E-state index in [9.17, 15) is 8.42 Å². The Kier molecular flexibility index (Phi) is 5.31. The number of hydrogen-bond donors (Lipinski definition) is 0. The van der Waals surface area contributed by atoms with Crippen molar-refractivity contribution in [3.05, 3.63) is 29.3 Å². The molecule has 2 atom stereocenters. The standard InChI is InChI=1S/C17H25ClN2O2S/c1-14-4-2-3-5-17(14)19-10-12-20(13-11-19)23(21,22)16-8-6-15(18)7-9-16/h6-9,14,17H,2-5,10-13H2,1H3/t14-,17+/m0/s1. The van der Waals surface area contributed by atoms with Crippen molar-refractivity contribution < 1.29 is 8.42 Å². The Morgan fingerprint density at radius 2 is 1.61 bits per heavy atom. The molecule has 6 heteroatoms. The molecular weight excluding hydrogens is 332 g/mol. The number of hydrogen-bond acceptors (Lipinski definition) is 3. The lowest BCUT2D eigenvalue weighted by Gasteiger charge is -2.43.